The maximum atomic E-state index is 12.0. The predicted octanol–water partition coefficient (Wildman–Crippen LogP) is 0.150. The molecule has 1 aromatic rings. The van der Waals surface area contributed by atoms with Crippen molar-refractivity contribution in [3.8, 4) is 0 Å². The summed E-state index contributed by atoms with van der Waals surface area (Å²) in [6, 6.07) is 1.12. The third-order valence-corrected chi connectivity index (χ3v) is 4.42. The van der Waals surface area contributed by atoms with Crippen LogP contribution < -0.4 is 4.72 Å². The van der Waals surface area contributed by atoms with Crippen LogP contribution in [0.2, 0.25) is 5.02 Å². The second kappa shape index (κ2) is 6.39. The van der Waals surface area contributed by atoms with Crippen molar-refractivity contribution in [2.75, 3.05) is 0 Å². The molecule has 0 unspecified atom stereocenters. The Morgan fingerprint density at radius 2 is 1.86 bits per heavy atom. The van der Waals surface area contributed by atoms with Crippen LogP contribution in [0.1, 0.15) is 17.3 Å². The van der Waals surface area contributed by atoms with Crippen LogP contribution in [0.5, 0.6) is 0 Å². The number of carboxylic acid groups (broad SMARTS) is 2. The lowest BCUT2D eigenvalue weighted by molar-refractivity contribution is -0.141. The highest BCUT2D eigenvalue weighted by atomic mass is 35.5. The van der Waals surface area contributed by atoms with E-state index in [1.165, 1.54) is 0 Å². The van der Waals surface area contributed by atoms with Crippen molar-refractivity contribution in [3.05, 3.63) is 28.8 Å². The fourth-order valence-electron chi connectivity index (χ4n) is 1.44. The minimum absolute atomic E-state index is 0.218. The number of carbonyl (C=O) groups is 2. The van der Waals surface area contributed by atoms with Crippen molar-refractivity contribution < 1.29 is 33.3 Å². The van der Waals surface area contributed by atoms with E-state index in [-0.39, 0.29) is 10.6 Å². The second-order valence-electron chi connectivity index (χ2n) is 4.13. The molecule has 0 aliphatic heterocycles. The Labute approximate surface area is 125 Å². The standard InChI is InChI=1S/C11H12ClNO7S/c1-5(14)9(11(17)18)13-21(19,20)8-3-2-6(10(15)16)4-7(8)12/h2-5,9,13-14H,1H3,(H,15,16)(H,17,18)/t5-,9-/m1/s1. The molecule has 0 radical (unpaired) electrons. The molecule has 0 fully saturated rings. The highest BCUT2D eigenvalue weighted by molar-refractivity contribution is 7.89. The van der Waals surface area contributed by atoms with E-state index < -0.39 is 39.0 Å². The van der Waals surface area contributed by atoms with Gasteiger partial charge in [0.05, 0.1) is 16.7 Å². The van der Waals surface area contributed by atoms with E-state index in [9.17, 15) is 23.1 Å². The molecule has 0 saturated carbocycles. The first-order valence-electron chi connectivity index (χ1n) is 5.52. The van der Waals surface area contributed by atoms with Gasteiger partial charge in [-0.1, -0.05) is 11.6 Å². The van der Waals surface area contributed by atoms with Crippen LogP contribution in [0.4, 0.5) is 0 Å². The first-order chi connectivity index (χ1) is 9.56. The molecule has 8 nitrogen and oxygen atoms in total. The first-order valence-corrected chi connectivity index (χ1v) is 7.38. The predicted molar refractivity (Wildman–Crippen MR) is 71.8 cm³/mol. The number of sulfonamides is 1. The summed E-state index contributed by atoms with van der Waals surface area (Å²) in [6.45, 7) is 1.11. The van der Waals surface area contributed by atoms with Crippen LogP contribution in [0.15, 0.2) is 23.1 Å². The highest BCUT2D eigenvalue weighted by Gasteiger charge is 2.30. The van der Waals surface area contributed by atoms with E-state index in [1.807, 2.05) is 0 Å². The lowest BCUT2D eigenvalue weighted by atomic mass is 10.2. The number of hydrogen-bond acceptors (Lipinski definition) is 5. The fraction of sp³-hybridized carbons (Fsp3) is 0.273. The Bertz CT molecular complexity index is 671. The molecule has 10 heteroatoms. The van der Waals surface area contributed by atoms with Crippen molar-refractivity contribution in [3.63, 3.8) is 0 Å². The number of halogens is 1. The summed E-state index contributed by atoms with van der Waals surface area (Å²) >= 11 is 5.71. The minimum atomic E-state index is -4.34. The zero-order valence-corrected chi connectivity index (χ0v) is 12.2. The Balaban J connectivity index is 3.19. The van der Waals surface area contributed by atoms with E-state index >= 15 is 0 Å². The van der Waals surface area contributed by atoms with Crippen molar-refractivity contribution in [2.24, 2.45) is 0 Å². The molecule has 0 saturated heterocycles. The van der Waals surface area contributed by atoms with Crippen molar-refractivity contribution in [1.29, 1.82) is 0 Å². The summed E-state index contributed by atoms with van der Waals surface area (Å²) < 4.78 is 25.9. The quantitative estimate of drug-likeness (QED) is 0.579. The summed E-state index contributed by atoms with van der Waals surface area (Å²) in [5.74, 6) is -2.85. The molecule has 1 aromatic carbocycles. The number of carboxylic acids is 2. The molecule has 21 heavy (non-hydrogen) atoms. The second-order valence-corrected chi connectivity index (χ2v) is 6.22. The van der Waals surface area contributed by atoms with Crippen LogP contribution in [-0.4, -0.2) is 47.8 Å². The minimum Gasteiger partial charge on any atom is -0.480 e. The molecule has 0 bridgehead atoms. The molecule has 1 rings (SSSR count). The molecule has 0 spiro atoms. The summed E-state index contributed by atoms with van der Waals surface area (Å²) in [5, 5.41) is 26.5. The van der Waals surface area contributed by atoms with Gasteiger partial charge >= 0.3 is 11.9 Å². The van der Waals surface area contributed by atoms with Gasteiger partial charge in [-0.3, -0.25) is 4.79 Å². The molecule has 0 aromatic heterocycles. The average Bonchev–Trinajstić information content (AvgIpc) is 2.34. The Morgan fingerprint density at radius 1 is 1.29 bits per heavy atom. The van der Waals surface area contributed by atoms with Crippen LogP contribution in [0, 0.1) is 0 Å². The molecular weight excluding hydrogens is 326 g/mol. The zero-order chi connectivity index (χ0) is 16.4. The highest BCUT2D eigenvalue weighted by Crippen LogP contribution is 2.23. The number of rotatable bonds is 6. The largest absolute Gasteiger partial charge is 0.480 e. The van der Waals surface area contributed by atoms with Gasteiger partial charge in [-0.2, -0.15) is 4.72 Å². The number of nitrogens with one attached hydrogen (secondary N) is 1. The number of benzene rings is 1. The molecule has 116 valence electrons. The van der Waals surface area contributed by atoms with E-state index in [0.717, 1.165) is 25.1 Å². The third-order valence-electron chi connectivity index (χ3n) is 2.50. The lowest BCUT2D eigenvalue weighted by Crippen LogP contribution is -2.47. The van der Waals surface area contributed by atoms with E-state index in [0.29, 0.717) is 0 Å². The number of aromatic carboxylic acids is 1. The van der Waals surface area contributed by atoms with Gasteiger partial charge in [-0.15, -0.1) is 0 Å². The normalized spacial score (nSPS) is 14.4. The van der Waals surface area contributed by atoms with E-state index in [2.05, 4.69) is 0 Å². The van der Waals surface area contributed by atoms with Crippen molar-refractivity contribution in [1.82, 2.24) is 4.72 Å². The zero-order valence-electron chi connectivity index (χ0n) is 10.6. The summed E-state index contributed by atoms with van der Waals surface area (Å²) in [4.78, 5) is 21.1. The molecule has 0 heterocycles. The summed E-state index contributed by atoms with van der Waals surface area (Å²) in [6.07, 6.45) is -1.48. The van der Waals surface area contributed by atoms with Crippen molar-refractivity contribution >= 4 is 33.6 Å². The smallest absolute Gasteiger partial charge is 0.335 e. The topological polar surface area (TPSA) is 141 Å². The van der Waals surface area contributed by atoms with Crippen molar-refractivity contribution in [2.45, 2.75) is 24.0 Å². The fourth-order valence-corrected chi connectivity index (χ4v) is 3.24. The monoisotopic (exact) mass is 337 g/mol. The van der Waals surface area contributed by atoms with Gasteiger partial charge in [0, 0.05) is 0 Å². The first kappa shape index (κ1) is 17.4. The third kappa shape index (κ3) is 4.14. The maximum Gasteiger partial charge on any atom is 0.335 e. The summed E-state index contributed by atoms with van der Waals surface area (Å²) in [5.41, 5.74) is -0.218. The molecular formula is C11H12ClNO7S. The Hall–Kier alpha value is -1.68. The molecule has 4 N–H and O–H groups in total. The van der Waals surface area contributed by atoms with Gasteiger partial charge in [0.1, 0.15) is 10.9 Å². The Morgan fingerprint density at radius 3 is 2.24 bits per heavy atom. The Kier molecular flexibility index (Phi) is 5.29. The van der Waals surface area contributed by atoms with Crippen LogP contribution in [0.3, 0.4) is 0 Å². The number of aliphatic hydroxyl groups is 1. The van der Waals surface area contributed by atoms with Crippen LogP contribution >= 0.6 is 11.6 Å². The van der Waals surface area contributed by atoms with Gasteiger partial charge in [0.15, 0.2) is 0 Å². The molecule has 0 aliphatic rings. The van der Waals surface area contributed by atoms with Gasteiger partial charge in [-0.25, -0.2) is 13.2 Å². The summed E-state index contributed by atoms with van der Waals surface area (Å²) in [7, 11) is -4.34. The van der Waals surface area contributed by atoms with Gasteiger partial charge in [0.25, 0.3) is 0 Å². The molecule has 0 aliphatic carbocycles. The molecule has 0 amide bonds. The van der Waals surface area contributed by atoms with Crippen LogP contribution in [-0.2, 0) is 14.8 Å². The number of aliphatic carboxylic acids is 1. The van der Waals surface area contributed by atoms with E-state index in [4.69, 9.17) is 21.8 Å². The van der Waals surface area contributed by atoms with E-state index in [1.54, 1.807) is 4.72 Å². The lowest BCUT2D eigenvalue weighted by Gasteiger charge is -2.17. The van der Waals surface area contributed by atoms with Gasteiger partial charge in [0.2, 0.25) is 10.0 Å². The molecule has 2 atom stereocenters. The average molecular weight is 338 g/mol. The SMILES string of the molecule is C[C@@H](O)[C@@H](NS(=O)(=O)c1ccc(C(=O)O)cc1Cl)C(=O)O. The maximum absolute atomic E-state index is 12.0. The van der Waals surface area contributed by atoms with Gasteiger partial charge in [-0.05, 0) is 25.1 Å². The van der Waals surface area contributed by atoms with Gasteiger partial charge < -0.3 is 15.3 Å². The van der Waals surface area contributed by atoms with Crippen LogP contribution in [0.25, 0.3) is 0 Å². The number of hydrogen-bond donors (Lipinski definition) is 4. The number of aliphatic hydroxyl groups excluding tert-OH is 1.